The predicted octanol–water partition coefficient (Wildman–Crippen LogP) is 2.23. The molecule has 0 atom stereocenters. The van der Waals surface area contributed by atoms with Gasteiger partial charge in [-0.05, 0) is 37.0 Å². The van der Waals surface area contributed by atoms with Gasteiger partial charge in [-0.25, -0.2) is 0 Å². The van der Waals surface area contributed by atoms with Gasteiger partial charge in [0.2, 0.25) is 0 Å². The molecule has 4 heteroatoms. The van der Waals surface area contributed by atoms with Crippen molar-refractivity contribution in [3.8, 4) is 0 Å². The van der Waals surface area contributed by atoms with Gasteiger partial charge >= 0.3 is 0 Å². The highest BCUT2D eigenvalue weighted by Gasteiger charge is 2.23. The lowest BCUT2D eigenvalue weighted by molar-refractivity contribution is 0.0951. The van der Waals surface area contributed by atoms with Crippen molar-refractivity contribution in [1.29, 1.82) is 0 Å². The molecule has 1 aliphatic carbocycles. The fraction of sp³-hybridized carbons (Fsp3) is 0.500. The van der Waals surface area contributed by atoms with Crippen molar-refractivity contribution < 1.29 is 4.79 Å². The summed E-state index contributed by atoms with van der Waals surface area (Å²) in [4.78, 5) is 11.8. The van der Waals surface area contributed by atoms with Gasteiger partial charge in [0.25, 0.3) is 5.91 Å². The molecule has 1 amide bonds. The van der Waals surface area contributed by atoms with E-state index in [0.717, 1.165) is 25.1 Å². The number of hydrogen-bond donors (Lipinski definition) is 3. The predicted molar refractivity (Wildman–Crippen MR) is 74.7 cm³/mol. The van der Waals surface area contributed by atoms with Crippen LogP contribution < -0.4 is 16.4 Å². The summed E-state index contributed by atoms with van der Waals surface area (Å²) in [7, 11) is 0. The highest BCUT2D eigenvalue weighted by molar-refractivity contribution is 5.96. The van der Waals surface area contributed by atoms with Crippen molar-refractivity contribution in [2.45, 2.75) is 32.7 Å². The summed E-state index contributed by atoms with van der Waals surface area (Å²) >= 11 is 0. The Labute approximate surface area is 108 Å². The third-order valence-corrected chi connectivity index (χ3v) is 2.93. The molecule has 0 bridgehead atoms. The maximum absolute atomic E-state index is 11.8. The Bertz CT molecular complexity index is 439. The van der Waals surface area contributed by atoms with Gasteiger partial charge in [0.05, 0.1) is 11.4 Å². The van der Waals surface area contributed by atoms with Crippen LogP contribution in [0.5, 0.6) is 0 Å². The molecule has 1 aromatic carbocycles. The summed E-state index contributed by atoms with van der Waals surface area (Å²) in [6.45, 7) is 5.15. The lowest BCUT2D eigenvalue weighted by Gasteiger charge is -2.12. The average molecular weight is 247 g/mol. The molecule has 0 aromatic heterocycles. The molecule has 1 fully saturated rings. The van der Waals surface area contributed by atoms with E-state index in [0.29, 0.717) is 23.2 Å². The topological polar surface area (TPSA) is 67.2 Å². The fourth-order valence-electron chi connectivity index (χ4n) is 1.68. The summed E-state index contributed by atoms with van der Waals surface area (Å²) < 4.78 is 0. The van der Waals surface area contributed by atoms with Crippen molar-refractivity contribution in [2.75, 3.05) is 17.6 Å². The van der Waals surface area contributed by atoms with Gasteiger partial charge in [0.1, 0.15) is 0 Å². The lowest BCUT2D eigenvalue weighted by Crippen LogP contribution is -2.25. The minimum atomic E-state index is -0.0281. The first-order chi connectivity index (χ1) is 8.56. The number of amides is 1. The Morgan fingerprint density at radius 2 is 2.17 bits per heavy atom. The van der Waals surface area contributed by atoms with E-state index in [1.54, 1.807) is 6.07 Å². The number of nitrogens with two attached hydrogens (primary N) is 1. The maximum atomic E-state index is 11.8. The number of carbonyl (C=O) groups excluding carboxylic acids is 1. The van der Waals surface area contributed by atoms with Gasteiger partial charge in [-0.2, -0.15) is 0 Å². The largest absolute Gasteiger partial charge is 0.397 e. The number of anilines is 2. The number of rotatable bonds is 5. The Hall–Kier alpha value is -1.71. The van der Waals surface area contributed by atoms with E-state index in [1.807, 2.05) is 12.1 Å². The van der Waals surface area contributed by atoms with Crippen LogP contribution >= 0.6 is 0 Å². The summed E-state index contributed by atoms with van der Waals surface area (Å²) in [5, 5.41) is 6.23. The lowest BCUT2D eigenvalue weighted by atomic mass is 10.1. The number of nitrogen functional groups attached to an aromatic ring is 1. The third-order valence-electron chi connectivity index (χ3n) is 2.93. The maximum Gasteiger partial charge on any atom is 0.251 e. The number of carbonyl (C=O) groups is 1. The van der Waals surface area contributed by atoms with Crippen LogP contribution in [-0.2, 0) is 0 Å². The van der Waals surface area contributed by atoms with Gasteiger partial charge < -0.3 is 16.4 Å². The third kappa shape index (κ3) is 3.39. The Balaban J connectivity index is 2.01. The number of hydrogen-bond acceptors (Lipinski definition) is 3. The van der Waals surface area contributed by atoms with Crippen molar-refractivity contribution in [3.05, 3.63) is 23.8 Å². The van der Waals surface area contributed by atoms with Crippen LogP contribution in [0.2, 0.25) is 0 Å². The first-order valence-corrected chi connectivity index (χ1v) is 6.50. The van der Waals surface area contributed by atoms with Gasteiger partial charge in [-0.15, -0.1) is 0 Å². The molecule has 4 N–H and O–H groups in total. The summed E-state index contributed by atoms with van der Waals surface area (Å²) in [6.07, 6.45) is 2.19. The van der Waals surface area contributed by atoms with Crippen LogP contribution in [0.25, 0.3) is 0 Å². The molecule has 98 valence electrons. The molecule has 0 heterocycles. The molecule has 18 heavy (non-hydrogen) atoms. The molecule has 1 saturated carbocycles. The molecular weight excluding hydrogens is 226 g/mol. The quantitative estimate of drug-likeness (QED) is 0.699. The van der Waals surface area contributed by atoms with Gasteiger partial charge in [0.15, 0.2) is 0 Å². The van der Waals surface area contributed by atoms with E-state index in [1.165, 1.54) is 0 Å². The van der Waals surface area contributed by atoms with Crippen LogP contribution in [0.1, 0.15) is 37.0 Å². The molecule has 1 aliphatic rings. The molecule has 0 spiro atoms. The van der Waals surface area contributed by atoms with E-state index in [2.05, 4.69) is 24.5 Å². The van der Waals surface area contributed by atoms with Gasteiger partial charge in [-0.1, -0.05) is 13.8 Å². The molecular formula is C14H21N3O. The normalized spacial score (nSPS) is 14.6. The second-order valence-electron chi connectivity index (χ2n) is 5.32. The molecule has 0 radical (unpaired) electrons. The zero-order valence-electron chi connectivity index (χ0n) is 11.0. The number of benzene rings is 1. The SMILES string of the molecule is CC(C)CNc1ccc(C(=O)NC2CC2)cc1N. The van der Waals surface area contributed by atoms with Crippen molar-refractivity contribution in [2.24, 2.45) is 5.92 Å². The Morgan fingerprint density at radius 3 is 2.72 bits per heavy atom. The highest BCUT2D eigenvalue weighted by atomic mass is 16.1. The average Bonchev–Trinajstić information content (AvgIpc) is 3.11. The Kier molecular flexibility index (Phi) is 3.75. The minimum Gasteiger partial charge on any atom is -0.397 e. The Morgan fingerprint density at radius 1 is 1.44 bits per heavy atom. The molecule has 4 nitrogen and oxygen atoms in total. The van der Waals surface area contributed by atoms with Crippen LogP contribution in [0, 0.1) is 5.92 Å². The van der Waals surface area contributed by atoms with Crippen molar-refractivity contribution in [1.82, 2.24) is 5.32 Å². The van der Waals surface area contributed by atoms with E-state index >= 15 is 0 Å². The number of nitrogens with one attached hydrogen (secondary N) is 2. The minimum absolute atomic E-state index is 0.0281. The van der Waals surface area contributed by atoms with Crippen LogP contribution in [0.3, 0.4) is 0 Å². The zero-order chi connectivity index (χ0) is 13.1. The van der Waals surface area contributed by atoms with Crippen molar-refractivity contribution in [3.63, 3.8) is 0 Å². The monoisotopic (exact) mass is 247 g/mol. The second-order valence-corrected chi connectivity index (χ2v) is 5.32. The zero-order valence-corrected chi connectivity index (χ0v) is 11.0. The van der Waals surface area contributed by atoms with E-state index in [-0.39, 0.29) is 5.91 Å². The summed E-state index contributed by atoms with van der Waals surface area (Å²) in [5.41, 5.74) is 8.10. The molecule has 0 unspecified atom stereocenters. The van der Waals surface area contributed by atoms with Gasteiger partial charge in [-0.3, -0.25) is 4.79 Å². The fourth-order valence-corrected chi connectivity index (χ4v) is 1.68. The first-order valence-electron chi connectivity index (χ1n) is 6.50. The van der Waals surface area contributed by atoms with E-state index < -0.39 is 0 Å². The molecule has 0 saturated heterocycles. The summed E-state index contributed by atoms with van der Waals surface area (Å²) in [6, 6.07) is 5.80. The second kappa shape index (κ2) is 5.29. The summed E-state index contributed by atoms with van der Waals surface area (Å²) in [5.74, 6) is 0.529. The van der Waals surface area contributed by atoms with Gasteiger partial charge in [0, 0.05) is 18.2 Å². The molecule has 2 rings (SSSR count). The molecule has 0 aliphatic heterocycles. The van der Waals surface area contributed by atoms with Crippen LogP contribution in [0.4, 0.5) is 11.4 Å². The standard InChI is InChI=1S/C14H21N3O/c1-9(2)8-16-13-6-3-10(7-12(13)15)14(18)17-11-4-5-11/h3,6-7,9,11,16H,4-5,8,15H2,1-2H3,(H,17,18). The smallest absolute Gasteiger partial charge is 0.251 e. The van der Waals surface area contributed by atoms with Crippen LogP contribution in [-0.4, -0.2) is 18.5 Å². The van der Waals surface area contributed by atoms with Crippen molar-refractivity contribution >= 4 is 17.3 Å². The first kappa shape index (κ1) is 12.7. The van der Waals surface area contributed by atoms with E-state index in [9.17, 15) is 4.79 Å². The highest BCUT2D eigenvalue weighted by Crippen LogP contribution is 2.22. The molecule has 1 aromatic rings. The van der Waals surface area contributed by atoms with E-state index in [4.69, 9.17) is 5.73 Å². The van der Waals surface area contributed by atoms with Crippen LogP contribution in [0.15, 0.2) is 18.2 Å².